The molecule has 0 spiro atoms. The number of nitrogens with zero attached hydrogens (tertiary/aromatic N) is 1. The molecule has 1 nitrogen and oxygen atoms in total. The molecule has 0 bridgehead atoms. The van der Waals surface area contributed by atoms with Gasteiger partial charge >= 0.3 is 19.5 Å². The maximum atomic E-state index is 2.54. The minimum atomic E-state index is 0. The van der Waals surface area contributed by atoms with Crippen LogP contribution >= 0.6 is 0 Å². The predicted molar refractivity (Wildman–Crippen MR) is 47.3 cm³/mol. The van der Waals surface area contributed by atoms with Crippen LogP contribution in [0.3, 0.4) is 0 Å². The molecule has 0 amide bonds. The van der Waals surface area contributed by atoms with Gasteiger partial charge in [-0.15, -0.1) is 0 Å². The maximum Gasteiger partial charge on any atom is 2.00 e. The number of hydrogen-bond acceptors (Lipinski definition) is 1. The summed E-state index contributed by atoms with van der Waals surface area (Å²) in [5.74, 6) is 0. The average molecular weight is 244 g/mol. The van der Waals surface area contributed by atoms with E-state index in [9.17, 15) is 0 Å². The molecule has 0 fully saturated rings. The molecule has 11 heavy (non-hydrogen) atoms. The molecule has 0 aromatic carbocycles. The summed E-state index contributed by atoms with van der Waals surface area (Å²) >= 11 is 0. The minimum absolute atomic E-state index is 0. The molecular formula is C9H21NRu+2. The Morgan fingerprint density at radius 1 is 0.727 bits per heavy atom. The van der Waals surface area contributed by atoms with E-state index in [1.165, 1.54) is 38.9 Å². The van der Waals surface area contributed by atoms with Crippen molar-refractivity contribution < 1.29 is 19.5 Å². The van der Waals surface area contributed by atoms with Crippen LogP contribution in [-0.2, 0) is 19.5 Å². The molecule has 0 atom stereocenters. The molecule has 0 aromatic rings. The van der Waals surface area contributed by atoms with Gasteiger partial charge in [-0.1, -0.05) is 20.8 Å². The van der Waals surface area contributed by atoms with Crippen LogP contribution in [0.25, 0.3) is 0 Å². The van der Waals surface area contributed by atoms with Crippen molar-refractivity contribution >= 4 is 0 Å². The molecule has 0 aliphatic carbocycles. The first kappa shape index (κ1) is 14.1. The van der Waals surface area contributed by atoms with E-state index in [1.807, 2.05) is 0 Å². The van der Waals surface area contributed by atoms with E-state index in [-0.39, 0.29) is 19.5 Å². The van der Waals surface area contributed by atoms with E-state index < -0.39 is 0 Å². The van der Waals surface area contributed by atoms with Crippen molar-refractivity contribution in [2.75, 3.05) is 19.6 Å². The Morgan fingerprint density at radius 3 is 1.18 bits per heavy atom. The van der Waals surface area contributed by atoms with Crippen molar-refractivity contribution in [1.29, 1.82) is 0 Å². The van der Waals surface area contributed by atoms with Crippen LogP contribution in [0.2, 0.25) is 0 Å². The zero-order chi connectivity index (χ0) is 7.82. The van der Waals surface area contributed by atoms with Crippen LogP contribution in [0.1, 0.15) is 40.0 Å². The van der Waals surface area contributed by atoms with Crippen molar-refractivity contribution in [3.63, 3.8) is 0 Å². The Labute approximate surface area is 84.3 Å². The first-order chi connectivity index (χ1) is 4.85. The average Bonchev–Trinajstić information content (AvgIpc) is 1.90. The summed E-state index contributed by atoms with van der Waals surface area (Å²) in [6, 6.07) is 0. The smallest absolute Gasteiger partial charge is 0.303 e. The van der Waals surface area contributed by atoms with Gasteiger partial charge in [-0.05, 0) is 38.9 Å². The van der Waals surface area contributed by atoms with Gasteiger partial charge in [-0.3, -0.25) is 0 Å². The monoisotopic (exact) mass is 245 g/mol. The fraction of sp³-hybridized carbons (Fsp3) is 1.00. The van der Waals surface area contributed by atoms with Crippen LogP contribution in [0, 0.1) is 0 Å². The molecule has 0 aliphatic rings. The van der Waals surface area contributed by atoms with Crippen molar-refractivity contribution in [3.8, 4) is 0 Å². The third-order valence-corrected chi connectivity index (χ3v) is 1.62. The Balaban J connectivity index is 0. The van der Waals surface area contributed by atoms with E-state index in [2.05, 4.69) is 25.7 Å². The Kier molecular flexibility index (Phi) is 13.6. The molecule has 0 radical (unpaired) electrons. The molecule has 0 unspecified atom stereocenters. The summed E-state index contributed by atoms with van der Waals surface area (Å²) in [6.07, 6.45) is 3.88. The first-order valence-corrected chi connectivity index (χ1v) is 4.57. The van der Waals surface area contributed by atoms with Crippen LogP contribution in [0.4, 0.5) is 0 Å². The quantitative estimate of drug-likeness (QED) is 0.649. The van der Waals surface area contributed by atoms with Gasteiger partial charge < -0.3 is 4.90 Å². The van der Waals surface area contributed by atoms with Crippen LogP contribution in [-0.4, -0.2) is 24.5 Å². The third kappa shape index (κ3) is 8.49. The zero-order valence-electron chi connectivity index (χ0n) is 8.04. The number of rotatable bonds is 6. The molecule has 0 saturated carbocycles. The van der Waals surface area contributed by atoms with Gasteiger partial charge in [0.2, 0.25) is 0 Å². The van der Waals surface area contributed by atoms with Gasteiger partial charge in [0.15, 0.2) is 0 Å². The zero-order valence-corrected chi connectivity index (χ0v) is 9.78. The van der Waals surface area contributed by atoms with Gasteiger partial charge in [0.1, 0.15) is 0 Å². The number of hydrogen-bond donors (Lipinski definition) is 0. The summed E-state index contributed by atoms with van der Waals surface area (Å²) in [7, 11) is 0. The third-order valence-electron chi connectivity index (χ3n) is 1.62. The molecule has 0 rings (SSSR count). The van der Waals surface area contributed by atoms with Gasteiger partial charge in [-0.2, -0.15) is 0 Å². The summed E-state index contributed by atoms with van der Waals surface area (Å²) in [5.41, 5.74) is 0. The molecule has 0 N–H and O–H groups in total. The molecule has 68 valence electrons. The van der Waals surface area contributed by atoms with Gasteiger partial charge in [0.05, 0.1) is 0 Å². The topological polar surface area (TPSA) is 3.24 Å². The Hall–Kier alpha value is 0.583. The van der Waals surface area contributed by atoms with Gasteiger partial charge in [-0.25, -0.2) is 0 Å². The molecule has 0 saturated heterocycles. The van der Waals surface area contributed by atoms with Crippen LogP contribution in [0.15, 0.2) is 0 Å². The van der Waals surface area contributed by atoms with E-state index in [1.54, 1.807) is 0 Å². The van der Waals surface area contributed by atoms with Crippen molar-refractivity contribution in [2.45, 2.75) is 40.0 Å². The summed E-state index contributed by atoms with van der Waals surface area (Å²) in [4.78, 5) is 2.54. The Morgan fingerprint density at radius 2 is 1.00 bits per heavy atom. The molecule has 0 aromatic heterocycles. The fourth-order valence-corrected chi connectivity index (χ4v) is 1.28. The predicted octanol–water partition coefficient (Wildman–Crippen LogP) is 2.52. The van der Waals surface area contributed by atoms with E-state index in [4.69, 9.17) is 0 Å². The maximum absolute atomic E-state index is 2.54. The summed E-state index contributed by atoms with van der Waals surface area (Å²) < 4.78 is 0. The molecular weight excluding hydrogens is 223 g/mol. The first-order valence-electron chi connectivity index (χ1n) is 4.57. The summed E-state index contributed by atoms with van der Waals surface area (Å²) in [6.45, 7) is 10.6. The largest absolute Gasteiger partial charge is 2.00 e. The normalized spacial score (nSPS) is 9.82. The van der Waals surface area contributed by atoms with Gasteiger partial charge in [0.25, 0.3) is 0 Å². The van der Waals surface area contributed by atoms with Gasteiger partial charge in [0, 0.05) is 0 Å². The Bertz CT molecular complexity index is 52.3. The molecule has 2 heteroatoms. The van der Waals surface area contributed by atoms with E-state index >= 15 is 0 Å². The molecule has 0 aliphatic heterocycles. The SMILES string of the molecule is CCCN(CCC)CCC.[Ru+2]. The van der Waals surface area contributed by atoms with Crippen molar-refractivity contribution in [1.82, 2.24) is 4.90 Å². The second-order valence-corrected chi connectivity index (χ2v) is 2.84. The second-order valence-electron chi connectivity index (χ2n) is 2.84. The second kappa shape index (κ2) is 10.6. The molecule has 0 heterocycles. The fourth-order valence-electron chi connectivity index (χ4n) is 1.28. The van der Waals surface area contributed by atoms with E-state index in [0.717, 1.165) is 0 Å². The minimum Gasteiger partial charge on any atom is -0.303 e. The summed E-state index contributed by atoms with van der Waals surface area (Å²) in [5, 5.41) is 0. The van der Waals surface area contributed by atoms with Crippen molar-refractivity contribution in [2.24, 2.45) is 0 Å². The van der Waals surface area contributed by atoms with E-state index in [0.29, 0.717) is 0 Å². The van der Waals surface area contributed by atoms with Crippen LogP contribution in [0.5, 0.6) is 0 Å². The standard InChI is InChI=1S/C9H21N.Ru/c1-4-7-10(8-5-2)9-6-3;/h4-9H2,1-3H3;/q;+2. The van der Waals surface area contributed by atoms with Crippen LogP contribution < -0.4 is 0 Å². The van der Waals surface area contributed by atoms with Crippen molar-refractivity contribution in [3.05, 3.63) is 0 Å².